The molecule has 0 spiro atoms. The van der Waals surface area contributed by atoms with Crippen molar-refractivity contribution in [2.45, 2.75) is 32.4 Å². The molecule has 0 saturated heterocycles. The largest absolute Gasteiger partial charge is 0.483 e. The first-order valence-corrected chi connectivity index (χ1v) is 12.9. The maximum absolute atomic E-state index is 13.5. The molecule has 0 saturated carbocycles. The molecule has 1 unspecified atom stereocenters. The Hall–Kier alpha value is -2.54. The third-order valence-corrected chi connectivity index (χ3v) is 6.44. The number of amides is 2. The number of rotatable bonds is 11. The quantitative estimate of drug-likeness (QED) is 0.291. The number of benzene rings is 3. The van der Waals surface area contributed by atoms with E-state index in [1.54, 1.807) is 35.2 Å². The number of nitrogens with zero attached hydrogens (tertiary/aromatic N) is 1. The van der Waals surface area contributed by atoms with Crippen LogP contribution in [0.3, 0.4) is 0 Å². The van der Waals surface area contributed by atoms with Crippen LogP contribution in [0.2, 0.25) is 10.0 Å². The van der Waals surface area contributed by atoms with Gasteiger partial charge in [-0.2, -0.15) is 0 Å². The van der Waals surface area contributed by atoms with Gasteiger partial charge in [0, 0.05) is 29.6 Å². The second-order valence-electron chi connectivity index (χ2n) is 8.01. The molecule has 0 radical (unpaired) electrons. The fraction of sp³-hybridized carbons (Fsp3) is 0.259. The maximum atomic E-state index is 13.5. The van der Waals surface area contributed by atoms with E-state index in [2.05, 4.69) is 21.2 Å². The lowest BCUT2D eigenvalue weighted by Gasteiger charge is -2.31. The van der Waals surface area contributed by atoms with Crippen molar-refractivity contribution in [3.8, 4) is 5.75 Å². The van der Waals surface area contributed by atoms with Crippen molar-refractivity contribution in [1.82, 2.24) is 10.2 Å². The van der Waals surface area contributed by atoms with Crippen LogP contribution in [0.25, 0.3) is 0 Å². The summed E-state index contributed by atoms with van der Waals surface area (Å²) in [5, 5.41) is 4.11. The standard InChI is InChI=1S/C27H27BrCl2N2O3/c1-2-14-31-27(34)24(15-19-6-4-3-5-7-19)32(17-20-8-10-21(29)11-9-20)26(33)18-35-25-13-12-22(30)16-23(25)28/h3-13,16,24H,2,14-15,17-18H2,1H3,(H,31,34). The van der Waals surface area contributed by atoms with Gasteiger partial charge in [-0.3, -0.25) is 9.59 Å². The van der Waals surface area contributed by atoms with Crippen molar-refractivity contribution in [1.29, 1.82) is 0 Å². The first-order valence-electron chi connectivity index (χ1n) is 11.3. The van der Waals surface area contributed by atoms with Crippen LogP contribution in [0, 0.1) is 0 Å². The molecule has 184 valence electrons. The van der Waals surface area contributed by atoms with E-state index in [1.807, 2.05) is 49.4 Å². The topological polar surface area (TPSA) is 58.6 Å². The van der Waals surface area contributed by atoms with E-state index >= 15 is 0 Å². The molecular formula is C27H27BrCl2N2O3. The van der Waals surface area contributed by atoms with Crippen molar-refractivity contribution in [2.24, 2.45) is 0 Å². The van der Waals surface area contributed by atoms with Gasteiger partial charge in [-0.1, -0.05) is 72.6 Å². The smallest absolute Gasteiger partial charge is 0.261 e. The van der Waals surface area contributed by atoms with Crippen LogP contribution in [0.4, 0.5) is 0 Å². The summed E-state index contributed by atoms with van der Waals surface area (Å²) in [5.74, 6) is -0.0238. The Bertz CT molecular complexity index is 1130. The lowest BCUT2D eigenvalue weighted by Crippen LogP contribution is -2.51. The molecule has 3 rings (SSSR count). The molecule has 0 aliphatic carbocycles. The number of nitrogens with one attached hydrogen (secondary N) is 1. The highest BCUT2D eigenvalue weighted by atomic mass is 79.9. The van der Waals surface area contributed by atoms with Gasteiger partial charge in [-0.15, -0.1) is 0 Å². The molecule has 0 heterocycles. The number of hydrogen-bond acceptors (Lipinski definition) is 3. The fourth-order valence-electron chi connectivity index (χ4n) is 3.52. The van der Waals surface area contributed by atoms with Crippen molar-refractivity contribution in [3.63, 3.8) is 0 Å². The highest BCUT2D eigenvalue weighted by Crippen LogP contribution is 2.28. The van der Waals surface area contributed by atoms with E-state index in [0.717, 1.165) is 17.5 Å². The van der Waals surface area contributed by atoms with Gasteiger partial charge in [0.15, 0.2) is 6.61 Å². The van der Waals surface area contributed by atoms with Crippen molar-refractivity contribution >= 4 is 50.9 Å². The molecule has 0 aromatic heterocycles. The summed E-state index contributed by atoms with van der Waals surface area (Å²) in [5.41, 5.74) is 1.82. The monoisotopic (exact) mass is 576 g/mol. The van der Waals surface area contributed by atoms with Crippen LogP contribution < -0.4 is 10.1 Å². The maximum Gasteiger partial charge on any atom is 0.261 e. The van der Waals surface area contributed by atoms with Gasteiger partial charge in [0.25, 0.3) is 5.91 Å². The Morgan fingerprint density at radius 3 is 2.31 bits per heavy atom. The van der Waals surface area contributed by atoms with Gasteiger partial charge < -0.3 is 15.0 Å². The minimum atomic E-state index is -0.718. The second kappa shape index (κ2) is 13.5. The van der Waals surface area contributed by atoms with E-state index in [1.165, 1.54) is 0 Å². The third-order valence-electron chi connectivity index (χ3n) is 5.33. The molecule has 2 amide bonds. The number of halogens is 3. The molecule has 0 aliphatic rings. The average Bonchev–Trinajstić information content (AvgIpc) is 2.85. The fourth-order valence-corrected chi connectivity index (χ4v) is 4.44. The summed E-state index contributed by atoms with van der Waals surface area (Å²) in [6, 6.07) is 21.3. The predicted octanol–water partition coefficient (Wildman–Crippen LogP) is 6.30. The molecule has 35 heavy (non-hydrogen) atoms. The summed E-state index contributed by atoms with van der Waals surface area (Å²) in [6.45, 7) is 2.51. The molecule has 0 bridgehead atoms. The molecule has 3 aromatic rings. The van der Waals surface area contributed by atoms with Gasteiger partial charge in [0.05, 0.1) is 4.47 Å². The number of ether oxygens (including phenoxy) is 1. The Morgan fingerprint density at radius 2 is 1.66 bits per heavy atom. The van der Waals surface area contributed by atoms with Crippen LogP contribution in [-0.4, -0.2) is 35.9 Å². The summed E-state index contributed by atoms with van der Waals surface area (Å²) in [7, 11) is 0. The zero-order valence-electron chi connectivity index (χ0n) is 19.3. The predicted molar refractivity (Wildman–Crippen MR) is 144 cm³/mol. The third kappa shape index (κ3) is 8.27. The van der Waals surface area contributed by atoms with Crippen LogP contribution in [0.15, 0.2) is 77.3 Å². The van der Waals surface area contributed by atoms with Crippen molar-refractivity contribution < 1.29 is 14.3 Å². The highest BCUT2D eigenvalue weighted by molar-refractivity contribution is 9.10. The first-order chi connectivity index (χ1) is 16.9. The zero-order chi connectivity index (χ0) is 25.2. The Labute approximate surface area is 224 Å². The van der Waals surface area contributed by atoms with Gasteiger partial charge >= 0.3 is 0 Å². The van der Waals surface area contributed by atoms with E-state index in [-0.39, 0.29) is 25.0 Å². The second-order valence-corrected chi connectivity index (χ2v) is 9.74. The minimum absolute atomic E-state index is 0.203. The van der Waals surface area contributed by atoms with Crippen LogP contribution in [-0.2, 0) is 22.6 Å². The van der Waals surface area contributed by atoms with E-state index in [4.69, 9.17) is 27.9 Å². The summed E-state index contributed by atoms with van der Waals surface area (Å²) >= 11 is 15.5. The Balaban J connectivity index is 1.89. The molecule has 5 nitrogen and oxygen atoms in total. The minimum Gasteiger partial charge on any atom is -0.483 e. The molecule has 0 fully saturated rings. The summed E-state index contributed by atoms with van der Waals surface area (Å²) in [4.78, 5) is 28.4. The Kier molecular flexibility index (Phi) is 10.5. The van der Waals surface area contributed by atoms with E-state index in [9.17, 15) is 9.59 Å². The molecular weight excluding hydrogens is 551 g/mol. The molecule has 1 atom stereocenters. The highest BCUT2D eigenvalue weighted by Gasteiger charge is 2.30. The lowest BCUT2D eigenvalue weighted by atomic mass is 10.0. The SMILES string of the molecule is CCCNC(=O)C(Cc1ccccc1)N(Cc1ccc(Cl)cc1)C(=O)COc1ccc(Cl)cc1Br. The van der Waals surface area contributed by atoms with Gasteiger partial charge in [0.2, 0.25) is 5.91 Å². The summed E-state index contributed by atoms with van der Waals surface area (Å²) in [6.07, 6.45) is 1.17. The molecule has 3 aromatic carbocycles. The molecule has 1 N–H and O–H groups in total. The number of carbonyl (C=O) groups is 2. The normalized spacial score (nSPS) is 11.5. The van der Waals surface area contributed by atoms with Gasteiger partial charge in [-0.05, 0) is 63.8 Å². The Morgan fingerprint density at radius 1 is 0.971 bits per heavy atom. The van der Waals surface area contributed by atoms with Crippen LogP contribution in [0.5, 0.6) is 5.75 Å². The van der Waals surface area contributed by atoms with Crippen molar-refractivity contribution in [3.05, 3.63) is 98.4 Å². The molecule has 0 aliphatic heterocycles. The zero-order valence-corrected chi connectivity index (χ0v) is 22.4. The van der Waals surface area contributed by atoms with E-state index < -0.39 is 6.04 Å². The molecule has 8 heteroatoms. The average molecular weight is 578 g/mol. The van der Waals surface area contributed by atoms with Gasteiger partial charge in [-0.25, -0.2) is 0 Å². The van der Waals surface area contributed by atoms with Crippen molar-refractivity contribution in [2.75, 3.05) is 13.2 Å². The summed E-state index contributed by atoms with van der Waals surface area (Å²) < 4.78 is 6.45. The van der Waals surface area contributed by atoms with Crippen LogP contribution >= 0.6 is 39.1 Å². The lowest BCUT2D eigenvalue weighted by molar-refractivity contribution is -0.142. The number of hydrogen-bond donors (Lipinski definition) is 1. The van der Waals surface area contributed by atoms with Crippen LogP contribution in [0.1, 0.15) is 24.5 Å². The van der Waals surface area contributed by atoms with E-state index in [0.29, 0.717) is 33.2 Å². The first kappa shape index (κ1) is 27.1. The number of carbonyl (C=O) groups excluding carboxylic acids is 2. The van der Waals surface area contributed by atoms with Gasteiger partial charge in [0.1, 0.15) is 11.8 Å².